The van der Waals surface area contributed by atoms with E-state index in [4.69, 9.17) is 0 Å². The van der Waals surface area contributed by atoms with Crippen LogP contribution in [0.25, 0.3) is 0 Å². The molecule has 6 nitrogen and oxygen atoms in total. The van der Waals surface area contributed by atoms with Crippen molar-refractivity contribution in [3.05, 3.63) is 22.9 Å². The van der Waals surface area contributed by atoms with Gasteiger partial charge in [0, 0.05) is 38.1 Å². The fourth-order valence-corrected chi connectivity index (χ4v) is 3.60. The number of aliphatic hydroxyl groups is 1. The molecule has 2 N–H and O–H groups in total. The van der Waals surface area contributed by atoms with Crippen LogP contribution in [0.3, 0.4) is 0 Å². The highest BCUT2D eigenvalue weighted by atomic mass is 16.3. The minimum Gasteiger partial charge on any atom is -0.392 e. The van der Waals surface area contributed by atoms with Gasteiger partial charge < -0.3 is 15.0 Å². The fourth-order valence-electron chi connectivity index (χ4n) is 3.60. The molecule has 0 unspecified atom stereocenters. The molecule has 1 aromatic rings. The third kappa shape index (κ3) is 3.75. The summed E-state index contributed by atoms with van der Waals surface area (Å²) in [5.74, 6) is 0. The fraction of sp³-hybridized carbons (Fsp3) is 0.800. The van der Waals surface area contributed by atoms with Gasteiger partial charge in [-0.15, -0.1) is 0 Å². The van der Waals surface area contributed by atoms with Gasteiger partial charge in [0.2, 0.25) is 0 Å². The molecule has 0 spiro atoms. The van der Waals surface area contributed by atoms with Gasteiger partial charge >= 0.3 is 5.69 Å². The summed E-state index contributed by atoms with van der Waals surface area (Å²) in [5, 5.41) is 9.79. The van der Waals surface area contributed by atoms with Crippen molar-refractivity contribution in [2.24, 2.45) is 0 Å². The zero-order valence-electron chi connectivity index (χ0n) is 12.6. The number of hydrogen-bond donors (Lipinski definition) is 2. The summed E-state index contributed by atoms with van der Waals surface area (Å²) in [6.45, 7) is 5.87. The molecule has 0 radical (unpaired) electrons. The number of β-amino-alcohol motifs (C(OH)–C–C–N with tert-alkyl or cyclic N) is 1. The molecule has 2 saturated heterocycles. The van der Waals surface area contributed by atoms with Gasteiger partial charge in [0.25, 0.3) is 0 Å². The van der Waals surface area contributed by atoms with E-state index >= 15 is 0 Å². The van der Waals surface area contributed by atoms with E-state index in [9.17, 15) is 9.90 Å². The third-order valence-corrected chi connectivity index (χ3v) is 4.88. The highest BCUT2D eigenvalue weighted by Crippen LogP contribution is 2.20. The lowest BCUT2D eigenvalue weighted by atomic mass is 9.99. The van der Waals surface area contributed by atoms with Crippen LogP contribution in [0.15, 0.2) is 17.2 Å². The van der Waals surface area contributed by atoms with Crippen LogP contribution in [-0.2, 0) is 6.54 Å². The van der Waals surface area contributed by atoms with E-state index in [0.717, 1.165) is 52.1 Å². The first kappa shape index (κ1) is 14.8. The molecule has 2 fully saturated rings. The van der Waals surface area contributed by atoms with Crippen molar-refractivity contribution in [1.82, 2.24) is 19.4 Å². The van der Waals surface area contributed by atoms with E-state index < -0.39 is 0 Å². The number of H-pyrrole nitrogens is 1. The molecule has 2 aliphatic heterocycles. The van der Waals surface area contributed by atoms with Crippen molar-refractivity contribution >= 4 is 0 Å². The van der Waals surface area contributed by atoms with Crippen molar-refractivity contribution in [3.8, 4) is 0 Å². The number of aliphatic hydroxyl groups excluding tert-OH is 1. The highest BCUT2D eigenvalue weighted by Gasteiger charge is 2.27. The van der Waals surface area contributed by atoms with Crippen LogP contribution >= 0.6 is 0 Å². The maximum Gasteiger partial charge on any atom is 0.325 e. The van der Waals surface area contributed by atoms with Crippen LogP contribution in [0.1, 0.15) is 25.7 Å². The van der Waals surface area contributed by atoms with E-state index in [-0.39, 0.29) is 11.8 Å². The summed E-state index contributed by atoms with van der Waals surface area (Å²) in [6, 6.07) is 0.631. The second kappa shape index (κ2) is 6.77. The SMILES string of the molecule is O=c1[nH]ccn1CCN1CCC(N2CCC[C@@H](O)C2)CC1. The molecule has 3 heterocycles. The third-order valence-electron chi connectivity index (χ3n) is 4.88. The first-order valence-corrected chi connectivity index (χ1v) is 8.10. The minimum absolute atomic E-state index is 0.0211. The molecule has 3 rings (SSSR count). The lowest BCUT2D eigenvalue weighted by Crippen LogP contribution is -2.50. The monoisotopic (exact) mass is 294 g/mol. The standard InChI is InChI=1S/C15H26N4O2/c20-14-2-1-6-19(12-14)13-3-7-17(8-4-13)10-11-18-9-5-16-15(18)21/h5,9,13-14,20H,1-4,6-8,10-12H2,(H,16,21)/t14-/m1/s1. The Hall–Kier alpha value is -1.11. The van der Waals surface area contributed by atoms with Gasteiger partial charge in [0.15, 0.2) is 0 Å². The molecule has 6 heteroatoms. The highest BCUT2D eigenvalue weighted by molar-refractivity contribution is 4.84. The number of likely N-dealkylation sites (tertiary alicyclic amines) is 2. The van der Waals surface area contributed by atoms with E-state index in [2.05, 4.69) is 14.8 Å². The topological polar surface area (TPSA) is 64.5 Å². The Morgan fingerprint density at radius 1 is 1.19 bits per heavy atom. The van der Waals surface area contributed by atoms with Crippen molar-refractivity contribution in [2.45, 2.75) is 44.4 Å². The van der Waals surface area contributed by atoms with Gasteiger partial charge in [-0.1, -0.05) is 0 Å². The molecule has 0 bridgehead atoms. The van der Waals surface area contributed by atoms with Crippen molar-refractivity contribution in [2.75, 3.05) is 32.7 Å². The summed E-state index contributed by atoms with van der Waals surface area (Å²) >= 11 is 0. The van der Waals surface area contributed by atoms with Gasteiger partial charge in [-0.2, -0.15) is 0 Å². The van der Waals surface area contributed by atoms with Crippen LogP contribution in [0.5, 0.6) is 0 Å². The Morgan fingerprint density at radius 3 is 2.67 bits per heavy atom. The maximum absolute atomic E-state index is 11.4. The molecular weight excluding hydrogens is 268 g/mol. The molecule has 0 saturated carbocycles. The number of nitrogens with zero attached hydrogens (tertiary/aromatic N) is 3. The number of aromatic nitrogens is 2. The van der Waals surface area contributed by atoms with Crippen LogP contribution < -0.4 is 5.69 Å². The number of imidazole rings is 1. The Labute approximate surface area is 125 Å². The van der Waals surface area contributed by atoms with Crippen LogP contribution in [0, 0.1) is 0 Å². The Bertz CT molecular complexity index is 490. The van der Waals surface area contributed by atoms with Gasteiger partial charge in [-0.3, -0.25) is 9.47 Å². The zero-order chi connectivity index (χ0) is 14.7. The summed E-state index contributed by atoms with van der Waals surface area (Å²) in [6.07, 6.45) is 7.81. The number of rotatable bonds is 4. The van der Waals surface area contributed by atoms with E-state index in [1.54, 1.807) is 10.8 Å². The van der Waals surface area contributed by atoms with Crippen LogP contribution in [0.2, 0.25) is 0 Å². The molecule has 0 aliphatic carbocycles. The lowest BCUT2D eigenvalue weighted by molar-refractivity contribution is 0.0249. The Kier molecular flexibility index (Phi) is 4.77. The van der Waals surface area contributed by atoms with E-state index in [1.165, 1.54) is 12.8 Å². The minimum atomic E-state index is -0.128. The molecule has 118 valence electrons. The summed E-state index contributed by atoms with van der Waals surface area (Å²) in [4.78, 5) is 19.0. The predicted molar refractivity (Wildman–Crippen MR) is 81.3 cm³/mol. The second-order valence-corrected chi connectivity index (χ2v) is 6.32. The second-order valence-electron chi connectivity index (χ2n) is 6.32. The number of piperidine rings is 2. The first-order valence-electron chi connectivity index (χ1n) is 8.10. The molecular formula is C15H26N4O2. The smallest absolute Gasteiger partial charge is 0.325 e. The molecule has 0 amide bonds. The largest absolute Gasteiger partial charge is 0.392 e. The van der Waals surface area contributed by atoms with Gasteiger partial charge in [0.1, 0.15) is 0 Å². The Morgan fingerprint density at radius 2 is 2.00 bits per heavy atom. The number of nitrogens with one attached hydrogen (secondary N) is 1. The van der Waals surface area contributed by atoms with Gasteiger partial charge in [0.05, 0.1) is 6.10 Å². The van der Waals surface area contributed by atoms with Crippen molar-refractivity contribution in [1.29, 1.82) is 0 Å². The van der Waals surface area contributed by atoms with Crippen molar-refractivity contribution < 1.29 is 5.11 Å². The van der Waals surface area contributed by atoms with Crippen molar-refractivity contribution in [3.63, 3.8) is 0 Å². The summed E-state index contributed by atoms with van der Waals surface area (Å²) in [7, 11) is 0. The molecule has 0 aromatic carbocycles. The molecule has 2 aliphatic rings. The predicted octanol–water partition coefficient (Wildman–Crippen LogP) is 0.0975. The molecule has 1 atom stereocenters. The Balaban J connectivity index is 1.42. The molecule has 21 heavy (non-hydrogen) atoms. The molecule has 1 aromatic heterocycles. The number of aromatic amines is 1. The first-order chi connectivity index (χ1) is 10.2. The average Bonchev–Trinajstić information content (AvgIpc) is 2.91. The zero-order valence-corrected chi connectivity index (χ0v) is 12.6. The van der Waals surface area contributed by atoms with E-state index in [1.807, 2.05) is 6.20 Å². The van der Waals surface area contributed by atoms with Gasteiger partial charge in [-0.05, 0) is 45.3 Å². The summed E-state index contributed by atoms with van der Waals surface area (Å²) < 4.78 is 1.73. The maximum atomic E-state index is 11.4. The quantitative estimate of drug-likeness (QED) is 0.826. The average molecular weight is 294 g/mol. The van der Waals surface area contributed by atoms with Crippen LogP contribution in [0.4, 0.5) is 0 Å². The van der Waals surface area contributed by atoms with E-state index in [0.29, 0.717) is 6.04 Å². The van der Waals surface area contributed by atoms with Gasteiger partial charge in [-0.25, -0.2) is 4.79 Å². The summed E-state index contributed by atoms with van der Waals surface area (Å²) in [5.41, 5.74) is -0.0211. The number of hydrogen-bond acceptors (Lipinski definition) is 4. The lowest BCUT2D eigenvalue weighted by Gasteiger charge is -2.41. The van der Waals surface area contributed by atoms with Crippen LogP contribution in [-0.4, -0.2) is 69.3 Å². The normalized spacial score (nSPS) is 26.2.